The molecule has 21 heavy (non-hydrogen) atoms. The number of esters is 1. The molecule has 0 atom stereocenters. The van der Waals surface area contributed by atoms with Crippen molar-refractivity contribution in [3.63, 3.8) is 0 Å². The number of hydrogen-bond acceptors (Lipinski definition) is 3. The van der Waals surface area contributed by atoms with Gasteiger partial charge >= 0.3 is 5.97 Å². The van der Waals surface area contributed by atoms with Gasteiger partial charge < -0.3 is 13.9 Å². The molecule has 2 aromatic rings. The van der Waals surface area contributed by atoms with E-state index in [2.05, 4.69) is 16.7 Å². The minimum absolute atomic E-state index is 0.0988. The molecular formula is C17H21NO3. The monoisotopic (exact) mass is 287 g/mol. The Balaban J connectivity index is 1.86. The molecule has 4 nitrogen and oxygen atoms in total. The van der Waals surface area contributed by atoms with E-state index in [0.717, 1.165) is 31.6 Å². The molecule has 0 spiro atoms. The zero-order chi connectivity index (χ0) is 14.8. The first kappa shape index (κ1) is 14.1. The molecule has 112 valence electrons. The van der Waals surface area contributed by atoms with Gasteiger partial charge in [0, 0.05) is 31.1 Å². The predicted octanol–water partition coefficient (Wildman–Crippen LogP) is 3.40. The van der Waals surface area contributed by atoms with Gasteiger partial charge in [-0.15, -0.1) is 0 Å². The molecule has 1 fully saturated rings. The Kier molecular flexibility index (Phi) is 3.97. The smallest absolute Gasteiger partial charge is 0.338 e. The van der Waals surface area contributed by atoms with Gasteiger partial charge in [0.1, 0.15) is 0 Å². The maximum atomic E-state index is 12.0. The van der Waals surface area contributed by atoms with Crippen LogP contribution >= 0.6 is 0 Å². The van der Waals surface area contributed by atoms with E-state index in [4.69, 9.17) is 9.47 Å². The quantitative estimate of drug-likeness (QED) is 0.812. The van der Waals surface area contributed by atoms with E-state index >= 15 is 0 Å². The first-order valence-corrected chi connectivity index (χ1v) is 7.54. The summed E-state index contributed by atoms with van der Waals surface area (Å²) < 4.78 is 12.7. The fourth-order valence-corrected chi connectivity index (χ4v) is 2.79. The molecule has 0 bridgehead atoms. The van der Waals surface area contributed by atoms with Crippen LogP contribution in [0, 0.1) is 0 Å². The van der Waals surface area contributed by atoms with Crippen LogP contribution in [0.25, 0.3) is 5.52 Å². The van der Waals surface area contributed by atoms with Crippen LogP contribution in [0.15, 0.2) is 30.6 Å². The number of fused-ring (bicyclic) bond motifs is 1. The van der Waals surface area contributed by atoms with Crippen LogP contribution in [-0.2, 0) is 9.47 Å². The summed E-state index contributed by atoms with van der Waals surface area (Å²) in [6.45, 7) is 5.39. The number of rotatable bonds is 3. The number of ether oxygens (including phenoxy) is 2. The number of hydrogen-bond donors (Lipinski definition) is 0. The largest absolute Gasteiger partial charge is 0.459 e. The van der Waals surface area contributed by atoms with E-state index in [9.17, 15) is 4.79 Å². The Morgan fingerprint density at radius 2 is 2.10 bits per heavy atom. The lowest BCUT2D eigenvalue weighted by Crippen LogP contribution is -2.13. The van der Waals surface area contributed by atoms with Gasteiger partial charge in [-0.2, -0.15) is 0 Å². The van der Waals surface area contributed by atoms with Crippen LogP contribution < -0.4 is 0 Å². The summed E-state index contributed by atoms with van der Waals surface area (Å²) >= 11 is 0. The van der Waals surface area contributed by atoms with Crippen LogP contribution in [0.5, 0.6) is 0 Å². The standard InChI is InChI=1S/C17H21NO3/c1-12(2)21-17(19)14-3-6-18-11-15(10-16(18)9-14)13-4-7-20-8-5-13/h3,6,9-13H,4-5,7-8H2,1-2H3. The third-order valence-electron chi connectivity index (χ3n) is 3.89. The van der Waals surface area contributed by atoms with E-state index in [0.29, 0.717) is 11.5 Å². The Labute approximate surface area is 124 Å². The second-order valence-corrected chi connectivity index (χ2v) is 5.86. The fourth-order valence-electron chi connectivity index (χ4n) is 2.79. The predicted molar refractivity (Wildman–Crippen MR) is 80.7 cm³/mol. The lowest BCUT2D eigenvalue weighted by molar-refractivity contribution is 0.0378. The van der Waals surface area contributed by atoms with Gasteiger partial charge in [0.05, 0.1) is 11.7 Å². The molecule has 0 amide bonds. The van der Waals surface area contributed by atoms with Crippen LogP contribution in [-0.4, -0.2) is 29.7 Å². The van der Waals surface area contributed by atoms with Gasteiger partial charge in [-0.25, -0.2) is 4.79 Å². The van der Waals surface area contributed by atoms with Crippen molar-refractivity contribution < 1.29 is 14.3 Å². The van der Waals surface area contributed by atoms with Gasteiger partial charge in [-0.05, 0) is 56.4 Å². The van der Waals surface area contributed by atoms with Crippen LogP contribution in [0.4, 0.5) is 0 Å². The molecular weight excluding hydrogens is 266 g/mol. The zero-order valence-electron chi connectivity index (χ0n) is 12.5. The van der Waals surface area contributed by atoms with Crippen molar-refractivity contribution in [3.8, 4) is 0 Å². The molecule has 0 saturated carbocycles. The normalized spacial score (nSPS) is 16.5. The highest BCUT2D eigenvalue weighted by molar-refractivity contribution is 5.90. The van der Waals surface area contributed by atoms with Gasteiger partial charge in [0.15, 0.2) is 0 Å². The molecule has 1 aliphatic rings. The number of nitrogens with zero attached hydrogens (tertiary/aromatic N) is 1. The summed E-state index contributed by atoms with van der Waals surface area (Å²) in [5.41, 5.74) is 2.97. The SMILES string of the molecule is CC(C)OC(=O)c1ccn2cc(C3CCOCC3)cc2c1. The second kappa shape index (κ2) is 5.90. The van der Waals surface area contributed by atoms with E-state index in [-0.39, 0.29) is 12.1 Å². The number of aromatic nitrogens is 1. The molecule has 4 heteroatoms. The van der Waals surface area contributed by atoms with Crippen molar-refractivity contribution in [1.29, 1.82) is 0 Å². The fraction of sp³-hybridized carbons (Fsp3) is 0.471. The Hall–Kier alpha value is -1.81. The van der Waals surface area contributed by atoms with Crippen molar-refractivity contribution >= 4 is 11.5 Å². The zero-order valence-corrected chi connectivity index (χ0v) is 12.5. The molecule has 0 N–H and O–H groups in total. The average molecular weight is 287 g/mol. The van der Waals surface area contributed by atoms with E-state index < -0.39 is 0 Å². The van der Waals surface area contributed by atoms with E-state index in [1.54, 1.807) is 0 Å². The van der Waals surface area contributed by atoms with Gasteiger partial charge in [-0.1, -0.05) is 0 Å². The van der Waals surface area contributed by atoms with Crippen molar-refractivity contribution in [2.45, 2.75) is 38.7 Å². The highest BCUT2D eigenvalue weighted by atomic mass is 16.5. The van der Waals surface area contributed by atoms with Gasteiger partial charge in [0.2, 0.25) is 0 Å². The lowest BCUT2D eigenvalue weighted by atomic mass is 9.94. The molecule has 3 rings (SSSR count). The summed E-state index contributed by atoms with van der Waals surface area (Å²) in [5.74, 6) is 0.297. The first-order valence-electron chi connectivity index (χ1n) is 7.54. The van der Waals surface area contributed by atoms with Crippen LogP contribution in [0.2, 0.25) is 0 Å². The van der Waals surface area contributed by atoms with Gasteiger partial charge in [-0.3, -0.25) is 0 Å². The Bertz CT molecular complexity index is 639. The summed E-state index contributed by atoms with van der Waals surface area (Å²) in [6.07, 6.45) is 6.12. The molecule has 1 aliphatic heterocycles. The number of carbonyl (C=O) groups excluding carboxylic acids is 1. The number of pyridine rings is 1. The molecule has 2 aromatic heterocycles. The summed E-state index contributed by atoms with van der Waals surface area (Å²) in [4.78, 5) is 12.0. The molecule has 0 aliphatic carbocycles. The second-order valence-electron chi connectivity index (χ2n) is 5.86. The third kappa shape index (κ3) is 3.10. The lowest BCUT2D eigenvalue weighted by Gasteiger charge is -2.20. The maximum absolute atomic E-state index is 12.0. The van der Waals surface area contributed by atoms with E-state index in [1.807, 2.05) is 32.2 Å². The molecule has 0 radical (unpaired) electrons. The Morgan fingerprint density at radius 3 is 2.81 bits per heavy atom. The molecule has 0 aromatic carbocycles. The minimum Gasteiger partial charge on any atom is -0.459 e. The molecule has 3 heterocycles. The van der Waals surface area contributed by atoms with Crippen LogP contribution in [0.3, 0.4) is 0 Å². The van der Waals surface area contributed by atoms with Gasteiger partial charge in [0.25, 0.3) is 0 Å². The summed E-state index contributed by atoms with van der Waals surface area (Å²) in [7, 11) is 0. The van der Waals surface area contributed by atoms with Crippen LogP contribution in [0.1, 0.15) is 48.5 Å². The summed E-state index contributed by atoms with van der Waals surface area (Å²) in [6, 6.07) is 5.88. The topological polar surface area (TPSA) is 39.9 Å². The summed E-state index contributed by atoms with van der Waals surface area (Å²) in [5, 5.41) is 0. The van der Waals surface area contributed by atoms with E-state index in [1.165, 1.54) is 5.56 Å². The van der Waals surface area contributed by atoms with Crippen molar-refractivity contribution in [2.24, 2.45) is 0 Å². The maximum Gasteiger partial charge on any atom is 0.338 e. The molecule has 1 saturated heterocycles. The number of carbonyl (C=O) groups is 1. The first-order chi connectivity index (χ1) is 10.1. The molecule has 0 unspecified atom stereocenters. The third-order valence-corrected chi connectivity index (χ3v) is 3.89. The van der Waals surface area contributed by atoms with Crippen molar-refractivity contribution in [3.05, 3.63) is 41.7 Å². The Morgan fingerprint density at radius 1 is 1.33 bits per heavy atom. The van der Waals surface area contributed by atoms with Crippen molar-refractivity contribution in [2.75, 3.05) is 13.2 Å². The minimum atomic E-state index is -0.263. The van der Waals surface area contributed by atoms with Crippen molar-refractivity contribution in [1.82, 2.24) is 4.40 Å². The highest BCUT2D eigenvalue weighted by Gasteiger charge is 2.18. The average Bonchev–Trinajstić information content (AvgIpc) is 2.90. The highest BCUT2D eigenvalue weighted by Crippen LogP contribution is 2.28.